The van der Waals surface area contributed by atoms with Crippen LogP contribution < -0.4 is 0 Å². The molecule has 92 valence electrons. The largest absolute Gasteiger partial charge is 0.463 e. The molecule has 0 aromatic carbocycles. The molecule has 0 bridgehead atoms. The van der Waals surface area contributed by atoms with Crippen molar-refractivity contribution in [2.24, 2.45) is 0 Å². The monoisotopic (exact) mass is 261 g/mol. The molecule has 5 heteroatoms. The molecule has 3 aromatic heterocycles. The second kappa shape index (κ2) is 4.46. The zero-order chi connectivity index (χ0) is 12.5. The maximum Gasteiger partial charge on any atom is 0.157 e. The summed E-state index contributed by atoms with van der Waals surface area (Å²) in [6.07, 6.45) is 3.58. The Hall–Kier alpha value is -1.81. The third kappa shape index (κ3) is 1.88. The maximum absolute atomic E-state index is 6.20. The molecule has 0 atom stereocenters. The zero-order valence-corrected chi connectivity index (χ0v) is 10.7. The fourth-order valence-corrected chi connectivity index (χ4v) is 2.17. The van der Waals surface area contributed by atoms with Gasteiger partial charge in [0.25, 0.3) is 0 Å². The summed E-state index contributed by atoms with van der Waals surface area (Å²) in [5, 5.41) is 4.96. The van der Waals surface area contributed by atoms with Crippen LogP contribution in [-0.2, 0) is 6.42 Å². The third-order valence-electron chi connectivity index (χ3n) is 2.72. The van der Waals surface area contributed by atoms with Gasteiger partial charge in [-0.25, -0.2) is 9.50 Å². The first-order chi connectivity index (χ1) is 8.78. The van der Waals surface area contributed by atoms with E-state index in [2.05, 4.69) is 17.0 Å². The molecule has 0 saturated heterocycles. The highest BCUT2D eigenvalue weighted by atomic mass is 35.5. The van der Waals surface area contributed by atoms with Gasteiger partial charge in [-0.2, -0.15) is 5.10 Å². The summed E-state index contributed by atoms with van der Waals surface area (Å²) in [6.45, 7) is 2.12. The lowest BCUT2D eigenvalue weighted by Gasteiger charge is -2.00. The molecule has 0 amide bonds. The molecule has 0 aliphatic heterocycles. The first-order valence-corrected chi connectivity index (χ1v) is 6.25. The average molecular weight is 262 g/mol. The highest BCUT2D eigenvalue weighted by molar-refractivity contribution is 6.29. The first kappa shape index (κ1) is 11.3. The van der Waals surface area contributed by atoms with Crippen molar-refractivity contribution >= 4 is 17.2 Å². The molecule has 0 unspecified atom stereocenters. The van der Waals surface area contributed by atoms with E-state index in [4.69, 9.17) is 16.0 Å². The van der Waals surface area contributed by atoms with Gasteiger partial charge in [0, 0.05) is 11.8 Å². The van der Waals surface area contributed by atoms with Gasteiger partial charge in [-0.1, -0.05) is 24.9 Å². The Balaban J connectivity index is 2.14. The summed E-state index contributed by atoms with van der Waals surface area (Å²) in [5.41, 5.74) is 2.47. The van der Waals surface area contributed by atoms with Crippen molar-refractivity contribution in [3.63, 3.8) is 0 Å². The fourth-order valence-electron chi connectivity index (χ4n) is 1.92. The van der Waals surface area contributed by atoms with Crippen molar-refractivity contribution in [3.8, 4) is 11.5 Å². The molecule has 0 N–H and O–H groups in total. The van der Waals surface area contributed by atoms with Crippen molar-refractivity contribution in [3.05, 3.63) is 41.4 Å². The van der Waals surface area contributed by atoms with Crippen LogP contribution in [0.1, 0.15) is 19.0 Å². The maximum atomic E-state index is 6.20. The quantitative estimate of drug-likeness (QED) is 0.677. The van der Waals surface area contributed by atoms with Crippen LogP contribution in [0.2, 0.25) is 5.15 Å². The van der Waals surface area contributed by atoms with Crippen LogP contribution >= 0.6 is 11.6 Å². The Morgan fingerprint density at radius 3 is 3.00 bits per heavy atom. The molecule has 4 nitrogen and oxygen atoms in total. The van der Waals surface area contributed by atoms with Crippen molar-refractivity contribution in [1.82, 2.24) is 14.6 Å². The van der Waals surface area contributed by atoms with Crippen LogP contribution in [0.15, 0.2) is 34.9 Å². The van der Waals surface area contributed by atoms with E-state index >= 15 is 0 Å². The lowest BCUT2D eigenvalue weighted by molar-refractivity contribution is 0.579. The number of halogens is 1. The second-order valence-electron chi connectivity index (χ2n) is 4.10. The van der Waals surface area contributed by atoms with Crippen molar-refractivity contribution < 1.29 is 4.42 Å². The van der Waals surface area contributed by atoms with Gasteiger partial charge in [-0.05, 0) is 24.6 Å². The number of hydrogen-bond acceptors (Lipinski definition) is 3. The van der Waals surface area contributed by atoms with Gasteiger partial charge in [0.1, 0.15) is 10.8 Å². The fraction of sp³-hybridized carbons (Fsp3) is 0.231. The van der Waals surface area contributed by atoms with Gasteiger partial charge >= 0.3 is 0 Å². The van der Waals surface area contributed by atoms with Crippen LogP contribution in [0, 0.1) is 0 Å². The molecular weight excluding hydrogens is 250 g/mol. The lowest BCUT2D eigenvalue weighted by atomic mass is 10.2. The van der Waals surface area contributed by atoms with Gasteiger partial charge in [0.15, 0.2) is 11.4 Å². The topological polar surface area (TPSA) is 43.3 Å². The Morgan fingerprint density at radius 1 is 1.39 bits per heavy atom. The Bertz CT molecular complexity index is 673. The van der Waals surface area contributed by atoms with Crippen LogP contribution in [0.4, 0.5) is 0 Å². The minimum Gasteiger partial charge on any atom is -0.463 e. The van der Waals surface area contributed by atoms with Crippen molar-refractivity contribution in [1.29, 1.82) is 0 Å². The van der Waals surface area contributed by atoms with E-state index in [1.165, 1.54) is 0 Å². The smallest absolute Gasteiger partial charge is 0.157 e. The third-order valence-corrected chi connectivity index (χ3v) is 2.99. The zero-order valence-electron chi connectivity index (χ0n) is 9.93. The van der Waals surface area contributed by atoms with E-state index in [1.54, 1.807) is 10.8 Å². The summed E-state index contributed by atoms with van der Waals surface area (Å²) in [7, 11) is 0. The second-order valence-corrected chi connectivity index (χ2v) is 4.48. The average Bonchev–Trinajstić information content (AvgIpc) is 2.97. The lowest BCUT2D eigenvalue weighted by Crippen LogP contribution is -1.97. The molecular formula is C13H12ClN3O. The summed E-state index contributed by atoms with van der Waals surface area (Å²) in [6, 6.07) is 7.43. The van der Waals surface area contributed by atoms with Gasteiger partial charge in [-0.15, -0.1) is 0 Å². The number of furan rings is 1. The molecule has 0 aliphatic carbocycles. The molecule has 0 aliphatic rings. The van der Waals surface area contributed by atoms with E-state index in [9.17, 15) is 0 Å². The van der Waals surface area contributed by atoms with Gasteiger partial charge in [0.05, 0.1) is 6.26 Å². The predicted molar refractivity (Wildman–Crippen MR) is 69.7 cm³/mol. The van der Waals surface area contributed by atoms with Crippen LogP contribution in [-0.4, -0.2) is 14.6 Å². The van der Waals surface area contributed by atoms with E-state index in [0.29, 0.717) is 10.9 Å². The molecule has 0 fully saturated rings. The minimum absolute atomic E-state index is 0.571. The summed E-state index contributed by atoms with van der Waals surface area (Å²) >= 11 is 6.20. The number of rotatable bonds is 3. The molecule has 0 spiro atoms. The van der Waals surface area contributed by atoms with E-state index < -0.39 is 0 Å². The van der Waals surface area contributed by atoms with Crippen molar-refractivity contribution in [2.45, 2.75) is 19.8 Å². The van der Waals surface area contributed by atoms with Gasteiger partial charge in [0.2, 0.25) is 0 Å². The minimum atomic E-state index is 0.571. The molecule has 0 saturated carbocycles. The predicted octanol–water partition coefficient (Wildman–Crippen LogP) is 3.60. The Labute approximate surface area is 109 Å². The van der Waals surface area contributed by atoms with E-state index in [1.807, 2.05) is 24.3 Å². The molecule has 0 radical (unpaired) electrons. The summed E-state index contributed by atoms with van der Waals surface area (Å²) in [5.74, 6) is 0.716. The standard InChI is InChI=1S/C13H12ClN3O/c1-2-4-9-7-12(14)17-13(15-9)8-10(16-17)11-5-3-6-18-11/h3,5-8H,2,4H2,1H3. The molecule has 18 heavy (non-hydrogen) atoms. The van der Waals surface area contributed by atoms with E-state index in [-0.39, 0.29) is 0 Å². The first-order valence-electron chi connectivity index (χ1n) is 5.87. The van der Waals surface area contributed by atoms with Crippen LogP contribution in [0.3, 0.4) is 0 Å². The van der Waals surface area contributed by atoms with Gasteiger partial charge < -0.3 is 4.42 Å². The van der Waals surface area contributed by atoms with Crippen molar-refractivity contribution in [2.75, 3.05) is 0 Å². The molecule has 3 heterocycles. The SMILES string of the molecule is CCCc1cc(Cl)n2nc(-c3ccco3)cc2n1. The van der Waals surface area contributed by atoms with Crippen LogP contribution in [0.5, 0.6) is 0 Å². The Kier molecular flexibility index (Phi) is 2.80. The number of fused-ring (bicyclic) bond motifs is 1. The van der Waals surface area contributed by atoms with Crippen LogP contribution in [0.25, 0.3) is 17.1 Å². The van der Waals surface area contributed by atoms with E-state index in [0.717, 1.165) is 29.9 Å². The number of aryl methyl sites for hydroxylation is 1. The number of hydrogen-bond donors (Lipinski definition) is 0. The highest BCUT2D eigenvalue weighted by Gasteiger charge is 2.10. The number of aromatic nitrogens is 3. The summed E-state index contributed by atoms with van der Waals surface area (Å²) < 4.78 is 6.94. The highest BCUT2D eigenvalue weighted by Crippen LogP contribution is 2.22. The molecule has 3 aromatic rings. The van der Waals surface area contributed by atoms with Gasteiger partial charge in [-0.3, -0.25) is 0 Å². The normalized spacial score (nSPS) is 11.2. The molecule has 3 rings (SSSR count). The number of nitrogens with zero attached hydrogens (tertiary/aromatic N) is 3. The Morgan fingerprint density at radius 2 is 2.28 bits per heavy atom. The summed E-state index contributed by atoms with van der Waals surface area (Å²) in [4.78, 5) is 4.53.